The first-order valence-electron chi connectivity index (χ1n) is 6.75. The topological polar surface area (TPSA) is 26.2 Å². The molecule has 3 nitrogen and oxygen atoms in total. The quantitative estimate of drug-likeness (QED) is 0.821. The van der Waals surface area contributed by atoms with Crippen molar-refractivity contribution in [1.29, 1.82) is 0 Å². The number of rotatable bonds is 6. The molecule has 1 N–H and O–H groups in total. The molecule has 1 aliphatic rings. The van der Waals surface area contributed by atoms with Gasteiger partial charge in [0, 0.05) is 38.1 Å². The summed E-state index contributed by atoms with van der Waals surface area (Å²) >= 11 is 0. The van der Waals surface area contributed by atoms with Gasteiger partial charge in [-0.05, 0) is 37.8 Å². The number of aryl methyl sites for hydroxylation is 1. The second-order valence-electron chi connectivity index (χ2n) is 4.89. The highest BCUT2D eigenvalue weighted by atomic mass is 16.5. The Labute approximate surface area is 104 Å². The largest absolute Gasteiger partial charge is 0.380 e. The molecule has 1 fully saturated rings. The van der Waals surface area contributed by atoms with E-state index < -0.39 is 0 Å². The minimum atomic E-state index is 0.407. The zero-order valence-corrected chi connectivity index (χ0v) is 11.0. The van der Waals surface area contributed by atoms with Crippen LogP contribution in [0.2, 0.25) is 0 Å². The predicted octanol–water partition coefficient (Wildman–Crippen LogP) is 2.56. The number of nitrogens with zero attached hydrogens (tertiary/aromatic N) is 1. The number of aromatic nitrogens is 1. The Hall–Kier alpha value is -0.800. The molecule has 1 saturated carbocycles. The summed E-state index contributed by atoms with van der Waals surface area (Å²) in [6.07, 6.45) is 7.49. The van der Waals surface area contributed by atoms with Gasteiger partial charge in [-0.3, -0.25) is 0 Å². The first kappa shape index (κ1) is 12.7. The summed E-state index contributed by atoms with van der Waals surface area (Å²) in [5.41, 5.74) is 1.38. The van der Waals surface area contributed by atoms with Crippen molar-refractivity contribution >= 4 is 0 Å². The van der Waals surface area contributed by atoms with Gasteiger partial charge < -0.3 is 14.6 Å². The molecule has 1 heterocycles. The van der Waals surface area contributed by atoms with E-state index in [9.17, 15) is 0 Å². The standard InChI is InChI=1S/C14H24N2O/c1-3-9-16-10-5-6-12(16)11-15-13-7-4-8-14(13)17-2/h5-6,10,13-15H,3-4,7-9,11H2,1-2H3. The molecule has 1 aromatic heterocycles. The van der Waals surface area contributed by atoms with E-state index in [0.717, 1.165) is 13.1 Å². The first-order chi connectivity index (χ1) is 8.35. The van der Waals surface area contributed by atoms with Gasteiger partial charge in [-0.1, -0.05) is 6.92 Å². The van der Waals surface area contributed by atoms with Crippen molar-refractivity contribution in [3.63, 3.8) is 0 Å². The third kappa shape index (κ3) is 3.11. The fraction of sp³-hybridized carbons (Fsp3) is 0.714. The third-order valence-electron chi connectivity index (χ3n) is 3.69. The lowest BCUT2D eigenvalue weighted by Gasteiger charge is -2.20. The summed E-state index contributed by atoms with van der Waals surface area (Å²) in [6.45, 7) is 4.29. The number of methoxy groups -OCH3 is 1. The molecule has 0 spiro atoms. The van der Waals surface area contributed by atoms with Gasteiger partial charge in [0.05, 0.1) is 6.10 Å². The van der Waals surface area contributed by atoms with Gasteiger partial charge in [-0.15, -0.1) is 0 Å². The second-order valence-corrected chi connectivity index (χ2v) is 4.89. The van der Waals surface area contributed by atoms with Crippen LogP contribution >= 0.6 is 0 Å². The number of hydrogen-bond acceptors (Lipinski definition) is 2. The van der Waals surface area contributed by atoms with Crippen molar-refractivity contribution in [2.45, 2.75) is 57.8 Å². The summed E-state index contributed by atoms with van der Waals surface area (Å²) in [5, 5.41) is 3.64. The molecule has 2 unspecified atom stereocenters. The molecule has 17 heavy (non-hydrogen) atoms. The zero-order valence-electron chi connectivity index (χ0n) is 11.0. The Morgan fingerprint density at radius 3 is 3.12 bits per heavy atom. The van der Waals surface area contributed by atoms with Crippen LogP contribution in [0, 0.1) is 0 Å². The van der Waals surface area contributed by atoms with Crippen LogP contribution in [0.25, 0.3) is 0 Å². The van der Waals surface area contributed by atoms with Gasteiger partial charge in [-0.25, -0.2) is 0 Å². The van der Waals surface area contributed by atoms with Crippen molar-refractivity contribution in [1.82, 2.24) is 9.88 Å². The van der Waals surface area contributed by atoms with E-state index in [1.54, 1.807) is 0 Å². The molecule has 0 aliphatic heterocycles. The highest BCUT2D eigenvalue weighted by Crippen LogP contribution is 2.21. The Bertz CT molecular complexity index is 335. The molecule has 0 bridgehead atoms. The number of nitrogens with one attached hydrogen (secondary N) is 1. The number of ether oxygens (including phenoxy) is 1. The van der Waals surface area contributed by atoms with Gasteiger partial charge in [0.15, 0.2) is 0 Å². The average Bonchev–Trinajstić information content (AvgIpc) is 2.95. The van der Waals surface area contributed by atoms with Gasteiger partial charge in [0.1, 0.15) is 0 Å². The Morgan fingerprint density at radius 1 is 1.47 bits per heavy atom. The first-order valence-corrected chi connectivity index (χ1v) is 6.75. The minimum Gasteiger partial charge on any atom is -0.380 e. The average molecular weight is 236 g/mol. The Morgan fingerprint density at radius 2 is 2.35 bits per heavy atom. The Balaban J connectivity index is 1.86. The van der Waals surface area contributed by atoms with Crippen LogP contribution in [0.15, 0.2) is 18.3 Å². The van der Waals surface area contributed by atoms with E-state index in [4.69, 9.17) is 4.74 Å². The van der Waals surface area contributed by atoms with E-state index in [1.165, 1.54) is 31.4 Å². The molecule has 0 aromatic carbocycles. The van der Waals surface area contributed by atoms with Gasteiger partial charge >= 0.3 is 0 Å². The predicted molar refractivity (Wildman–Crippen MR) is 70.0 cm³/mol. The molecular formula is C14H24N2O. The van der Waals surface area contributed by atoms with E-state index in [0.29, 0.717) is 12.1 Å². The monoisotopic (exact) mass is 236 g/mol. The second kappa shape index (κ2) is 6.22. The van der Waals surface area contributed by atoms with Crippen molar-refractivity contribution in [2.75, 3.05) is 7.11 Å². The normalized spacial score (nSPS) is 24.4. The summed E-state index contributed by atoms with van der Waals surface area (Å²) in [6, 6.07) is 4.87. The summed E-state index contributed by atoms with van der Waals surface area (Å²) in [7, 11) is 1.82. The van der Waals surface area contributed by atoms with Crippen molar-refractivity contribution in [2.24, 2.45) is 0 Å². The molecule has 96 valence electrons. The smallest absolute Gasteiger partial charge is 0.0724 e. The summed E-state index contributed by atoms with van der Waals surface area (Å²) in [5.74, 6) is 0. The Kier molecular flexibility index (Phi) is 4.63. The van der Waals surface area contributed by atoms with Gasteiger partial charge in [0.25, 0.3) is 0 Å². The molecule has 0 amide bonds. The summed E-state index contributed by atoms with van der Waals surface area (Å²) < 4.78 is 7.84. The van der Waals surface area contributed by atoms with Gasteiger partial charge in [0.2, 0.25) is 0 Å². The highest BCUT2D eigenvalue weighted by molar-refractivity contribution is 5.07. The maximum absolute atomic E-state index is 5.50. The molecule has 1 aromatic rings. The highest BCUT2D eigenvalue weighted by Gasteiger charge is 2.26. The van der Waals surface area contributed by atoms with Gasteiger partial charge in [-0.2, -0.15) is 0 Å². The van der Waals surface area contributed by atoms with E-state index in [1.807, 2.05) is 7.11 Å². The SMILES string of the molecule is CCCn1cccc1CNC1CCCC1OC. The number of hydrogen-bond donors (Lipinski definition) is 1. The summed E-state index contributed by atoms with van der Waals surface area (Å²) in [4.78, 5) is 0. The van der Waals surface area contributed by atoms with Crippen LogP contribution in [0.4, 0.5) is 0 Å². The molecule has 0 saturated heterocycles. The van der Waals surface area contributed by atoms with E-state index >= 15 is 0 Å². The van der Waals surface area contributed by atoms with Crippen LogP contribution in [-0.4, -0.2) is 23.8 Å². The lowest BCUT2D eigenvalue weighted by Crippen LogP contribution is -2.36. The maximum Gasteiger partial charge on any atom is 0.0724 e. The molecular weight excluding hydrogens is 212 g/mol. The van der Waals surface area contributed by atoms with Crippen LogP contribution in [-0.2, 0) is 17.8 Å². The van der Waals surface area contributed by atoms with Crippen LogP contribution < -0.4 is 5.32 Å². The van der Waals surface area contributed by atoms with Crippen molar-refractivity contribution in [3.8, 4) is 0 Å². The lowest BCUT2D eigenvalue weighted by molar-refractivity contribution is 0.0845. The molecule has 2 atom stereocenters. The van der Waals surface area contributed by atoms with Crippen LogP contribution in [0.5, 0.6) is 0 Å². The molecule has 3 heteroatoms. The fourth-order valence-corrected chi connectivity index (χ4v) is 2.75. The minimum absolute atomic E-state index is 0.407. The lowest BCUT2D eigenvalue weighted by atomic mass is 10.2. The molecule has 1 aliphatic carbocycles. The van der Waals surface area contributed by atoms with Crippen molar-refractivity contribution < 1.29 is 4.74 Å². The fourth-order valence-electron chi connectivity index (χ4n) is 2.75. The zero-order chi connectivity index (χ0) is 12.1. The van der Waals surface area contributed by atoms with Crippen LogP contribution in [0.3, 0.4) is 0 Å². The van der Waals surface area contributed by atoms with E-state index in [-0.39, 0.29) is 0 Å². The van der Waals surface area contributed by atoms with Crippen LogP contribution in [0.1, 0.15) is 38.3 Å². The maximum atomic E-state index is 5.50. The third-order valence-corrected chi connectivity index (χ3v) is 3.69. The van der Waals surface area contributed by atoms with Crippen molar-refractivity contribution in [3.05, 3.63) is 24.0 Å². The van der Waals surface area contributed by atoms with E-state index in [2.05, 4.69) is 35.1 Å². The molecule has 0 radical (unpaired) electrons. The molecule has 2 rings (SSSR count).